The van der Waals surface area contributed by atoms with Crippen LogP contribution in [0.4, 0.5) is 0 Å². The summed E-state index contributed by atoms with van der Waals surface area (Å²) in [5.74, 6) is 0. The number of aryl methyl sites for hydroxylation is 2. The Kier molecular flexibility index (Phi) is 3.02. The molecule has 0 saturated carbocycles. The summed E-state index contributed by atoms with van der Waals surface area (Å²) in [5, 5.41) is 0. The molecular weight excluding hydrogens is 216 g/mol. The zero-order valence-electron chi connectivity index (χ0n) is 10.8. The second-order valence-electron chi connectivity index (χ2n) is 5.16. The van der Waals surface area contributed by atoms with Gasteiger partial charge in [0.2, 0.25) is 0 Å². The van der Waals surface area contributed by atoms with Crippen molar-refractivity contribution in [2.45, 2.75) is 26.2 Å². The molecule has 0 bridgehead atoms. The molecule has 0 heteroatoms. The molecule has 0 aliphatic heterocycles. The number of allylic oxidation sites excluding steroid dienone is 1. The average Bonchev–Trinajstić information content (AvgIpc) is 2.81. The second kappa shape index (κ2) is 4.81. The highest BCUT2D eigenvalue weighted by atomic mass is 14.2. The number of rotatable bonds is 3. The van der Waals surface area contributed by atoms with Crippen molar-refractivity contribution in [1.82, 2.24) is 0 Å². The molecule has 0 saturated heterocycles. The van der Waals surface area contributed by atoms with E-state index in [0.29, 0.717) is 0 Å². The maximum Gasteiger partial charge on any atom is -0.00577 e. The minimum Gasteiger partial charge on any atom is -0.0649 e. The van der Waals surface area contributed by atoms with Crippen LogP contribution in [0, 0.1) is 6.92 Å². The maximum absolute atomic E-state index is 2.36. The monoisotopic (exact) mass is 234 g/mol. The lowest BCUT2D eigenvalue weighted by Crippen LogP contribution is -1.90. The van der Waals surface area contributed by atoms with Crippen molar-refractivity contribution in [1.29, 1.82) is 0 Å². The van der Waals surface area contributed by atoms with Crippen LogP contribution in [0.2, 0.25) is 0 Å². The molecule has 0 amide bonds. The molecule has 2 aromatic rings. The molecule has 90 valence electrons. The summed E-state index contributed by atoms with van der Waals surface area (Å²) in [6, 6.07) is 17.6. The third kappa shape index (κ3) is 2.38. The molecule has 0 fully saturated rings. The van der Waals surface area contributed by atoms with Crippen LogP contribution in [-0.2, 0) is 12.8 Å². The molecule has 0 nitrogen and oxygen atoms in total. The van der Waals surface area contributed by atoms with E-state index in [2.05, 4.69) is 61.5 Å². The van der Waals surface area contributed by atoms with Crippen molar-refractivity contribution in [3.8, 4) is 0 Å². The predicted molar refractivity (Wildman–Crippen MR) is 77.6 cm³/mol. The number of benzene rings is 2. The summed E-state index contributed by atoms with van der Waals surface area (Å²) in [6.45, 7) is 2.14. The van der Waals surface area contributed by atoms with Crippen LogP contribution in [0.5, 0.6) is 0 Å². The molecule has 1 aliphatic rings. The average molecular weight is 234 g/mol. The van der Waals surface area contributed by atoms with E-state index in [0.717, 1.165) is 12.8 Å². The summed E-state index contributed by atoms with van der Waals surface area (Å²) in [5.41, 5.74) is 7.24. The Bertz CT molecular complexity index is 573. The van der Waals surface area contributed by atoms with E-state index in [1.807, 2.05) is 0 Å². The van der Waals surface area contributed by atoms with Gasteiger partial charge in [0.1, 0.15) is 0 Å². The van der Waals surface area contributed by atoms with Crippen molar-refractivity contribution in [3.05, 3.63) is 76.4 Å². The summed E-state index contributed by atoms with van der Waals surface area (Å²) in [4.78, 5) is 0. The van der Waals surface area contributed by atoms with E-state index in [-0.39, 0.29) is 0 Å². The third-order valence-corrected chi connectivity index (χ3v) is 3.69. The minimum atomic E-state index is 1.14. The van der Waals surface area contributed by atoms with Crippen LogP contribution < -0.4 is 0 Å². The van der Waals surface area contributed by atoms with Crippen LogP contribution in [0.15, 0.2) is 54.1 Å². The second-order valence-corrected chi connectivity index (χ2v) is 5.16. The van der Waals surface area contributed by atoms with Gasteiger partial charge in [-0.2, -0.15) is 0 Å². The van der Waals surface area contributed by atoms with Gasteiger partial charge in [-0.3, -0.25) is 0 Å². The molecule has 0 aromatic heterocycles. The van der Waals surface area contributed by atoms with Crippen molar-refractivity contribution in [2.75, 3.05) is 0 Å². The van der Waals surface area contributed by atoms with Crippen molar-refractivity contribution >= 4 is 6.08 Å². The van der Waals surface area contributed by atoms with E-state index in [4.69, 9.17) is 0 Å². The first-order chi connectivity index (χ1) is 8.81. The summed E-state index contributed by atoms with van der Waals surface area (Å²) < 4.78 is 0. The molecule has 18 heavy (non-hydrogen) atoms. The zero-order valence-corrected chi connectivity index (χ0v) is 10.8. The highest BCUT2D eigenvalue weighted by Crippen LogP contribution is 2.27. The smallest absolute Gasteiger partial charge is 0.00577 e. The van der Waals surface area contributed by atoms with Crippen LogP contribution in [0.25, 0.3) is 6.08 Å². The Morgan fingerprint density at radius 1 is 0.889 bits per heavy atom. The van der Waals surface area contributed by atoms with Crippen LogP contribution in [0.1, 0.15) is 28.7 Å². The van der Waals surface area contributed by atoms with Gasteiger partial charge >= 0.3 is 0 Å². The fourth-order valence-corrected chi connectivity index (χ4v) is 2.57. The lowest BCUT2D eigenvalue weighted by molar-refractivity contribution is 0.917. The van der Waals surface area contributed by atoms with E-state index >= 15 is 0 Å². The summed E-state index contributed by atoms with van der Waals surface area (Å²) in [6.07, 6.45) is 5.84. The maximum atomic E-state index is 2.36. The first-order valence-electron chi connectivity index (χ1n) is 6.64. The van der Waals surface area contributed by atoms with Crippen molar-refractivity contribution in [3.63, 3.8) is 0 Å². The van der Waals surface area contributed by atoms with Crippen molar-refractivity contribution in [2.24, 2.45) is 0 Å². The van der Waals surface area contributed by atoms with E-state index < -0.39 is 0 Å². The molecule has 1 aliphatic carbocycles. The van der Waals surface area contributed by atoms with Crippen LogP contribution in [0.3, 0.4) is 0 Å². The van der Waals surface area contributed by atoms with Gasteiger partial charge in [-0.05, 0) is 42.9 Å². The summed E-state index contributed by atoms with van der Waals surface area (Å²) >= 11 is 0. The van der Waals surface area contributed by atoms with Crippen LogP contribution >= 0.6 is 0 Å². The Balaban J connectivity index is 1.65. The molecule has 0 spiro atoms. The molecule has 0 radical (unpaired) electrons. The molecule has 3 rings (SSSR count). The summed E-state index contributed by atoms with van der Waals surface area (Å²) in [7, 11) is 0. The third-order valence-electron chi connectivity index (χ3n) is 3.69. The van der Waals surface area contributed by atoms with Gasteiger partial charge in [-0.25, -0.2) is 0 Å². The Hall–Kier alpha value is -1.82. The van der Waals surface area contributed by atoms with Gasteiger partial charge < -0.3 is 0 Å². The topological polar surface area (TPSA) is 0 Å². The largest absolute Gasteiger partial charge is 0.0649 e. The Morgan fingerprint density at radius 2 is 1.67 bits per heavy atom. The Labute approximate surface area is 109 Å². The highest BCUT2D eigenvalue weighted by Gasteiger charge is 2.11. The van der Waals surface area contributed by atoms with Crippen molar-refractivity contribution < 1.29 is 0 Å². The molecule has 0 heterocycles. The van der Waals surface area contributed by atoms with E-state index in [1.54, 1.807) is 5.57 Å². The van der Waals surface area contributed by atoms with Crippen LogP contribution in [-0.4, -0.2) is 0 Å². The highest BCUT2D eigenvalue weighted by molar-refractivity contribution is 5.63. The van der Waals surface area contributed by atoms with E-state index in [1.165, 1.54) is 28.7 Å². The fraction of sp³-hybridized carbons (Fsp3) is 0.222. The first-order valence-corrected chi connectivity index (χ1v) is 6.64. The molecule has 0 N–H and O–H groups in total. The lowest BCUT2D eigenvalue weighted by atomic mass is 10.0. The van der Waals surface area contributed by atoms with Gasteiger partial charge in [0.25, 0.3) is 0 Å². The SMILES string of the molecule is Cc1ccc(CCC2=Cc3ccccc3C2)cc1. The van der Waals surface area contributed by atoms with E-state index in [9.17, 15) is 0 Å². The molecular formula is C18H18. The van der Waals surface area contributed by atoms with Gasteiger partial charge in [-0.1, -0.05) is 65.7 Å². The zero-order chi connectivity index (χ0) is 12.4. The standard InChI is InChI=1S/C18H18/c1-14-6-8-15(9-7-14)10-11-16-12-17-4-2-3-5-18(17)13-16/h2-9,12H,10-11,13H2,1H3. The number of hydrogen-bond acceptors (Lipinski definition) is 0. The minimum absolute atomic E-state index is 1.14. The molecule has 2 aromatic carbocycles. The lowest BCUT2D eigenvalue weighted by Gasteiger charge is -2.03. The Morgan fingerprint density at radius 3 is 2.44 bits per heavy atom. The predicted octanol–water partition coefficient (Wildman–Crippen LogP) is 4.57. The van der Waals surface area contributed by atoms with Gasteiger partial charge in [0.15, 0.2) is 0 Å². The molecule has 0 unspecified atom stereocenters. The quantitative estimate of drug-likeness (QED) is 0.730. The van der Waals surface area contributed by atoms with Gasteiger partial charge in [-0.15, -0.1) is 0 Å². The molecule has 0 atom stereocenters. The van der Waals surface area contributed by atoms with Gasteiger partial charge in [0.05, 0.1) is 0 Å². The number of hydrogen-bond donors (Lipinski definition) is 0. The number of fused-ring (bicyclic) bond motifs is 1. The first kappa shape index (κ1) is 11.3. The van der Waals surface area contributed by atoms with Gasteiger partial charge in [0, 0.05) is 0 Å². The fourth-order valence-electron chi connectivity index (χ4n) is 2.57. The normalized spacial score (nSPS) is 13.3.